The Labute approximate surface area is 169 Å². The minimum absolute atomic E-state index is 0.108. The van der Waals surface area contributed by atoms with E-state index >= 15 is 0 Å². The molecule has 0 saturated heterocycles. The summed E-state index contributed by atoms with van der Waals surface area (Å²) in [4.78, 5) is 20.8. The molecular weight excluding hydrogens is 362 g/mol. The Hall–Kier alpha value is -3.99. The molecule has 1 aromatic heterocycles. The number of amides is 1. The Morgan fingerprint density at radius 2 is 1.38 bits per heavy atom. The van der Waals surface area contributed by atoms with Crippen LogP contribution in [0.3, 0.4) is 0 Å². The first-order chi connectivity index (χ1) is 14.3. The molecule has 0 saturated carbocycles. The lowest BCUT2D eigenvalue weighted by Crippen LogP contribution is -2.22. The largest absolute Gasteiger partial charge is 0.424 e. The van der Waals surface area contributed by atoms with Gasteiger partial charge in [-0.2, -0.15) is 0 Å². The summed E-state index contributed by atoms with van der Waals surface area (Å²) in [5.41, 5.74) is 3.44. The van der Waals surface area contributed by atoms with Gasteiger partial charge in [0.2, 0.25) is 0 Å². The van der Waals surface area contributed by atoms with E-state index in [1.54, 1.807) is 24.5 Å². The molecule has 29 heavy (non-hydrogen) atoms. The van der Waals surface area contributed by atoms with Crippen molar-refractivity contribution < 1.29 is 9.53 Å². The molecule has 1 amide bonds. The van der Waals surface area contributed by atoms with E-state index in [2.05, 4.69) is 15.3 Å². The number of rotatable bonds is 6. The van der Waals surface area contributed by atoms with Crippen LogP contribution in [0.2, 0.25) is 0 Å². The Morgan fingerprint density at radius 1 is 0.759 bits per heavy atom. The second-order valence-corrected chi connectivity index (χ2v) is 6.42. The molecule has 0 bridgehead atoms. The van der Waals surface area contributed by atoms with E-state index in [4.69, 9.17) is 4.74 Å². The number of para-hydroxylation sites is 1. The predicted octanol–water partition coefficient (Wildman–Crippen LogP) is 4.87. The molecule has 0 fully saturated rings. The standard InChI is InChI=1S/C24H19N3O2/c28-23(25-15-18-7-3-1-4-8-18)20-13-11-19(12-14-20)21-16-26-24(27-17-21)29-22-9-5-2-6-10-22/h1-14,16-17H,15H2,(H,25,28). The quantitative estimate of drug-likeness (QED) is 0.518. The van der Waals surface area contributed by atoms with Crippen molar-refractivity contribution in [3.8, 4) is 22.9 Å². The molecule has 0 aliphatic heterocycles. The predicted molar refractivity (Wildman–Crippen MR) is 112 cm³/mol. The van der Waals surface area contributed by atoms with Gasteiger partial charge in [-0.05, 0) is 35.4 Å². The van der Waals surface area contributed by atoms with Crippen LogP contribution in [0.5, 0.6) is 11.8 Å². The Kier molecular flexibility index (Phi) is 5.58. The molecule has 3 aromatic carbocycles. The van der Waals surface area contributed by atoms with E-state index in [9.17, 15) is 4.79 Å². The highest BCUT2D eigenvalue weighted by Crippen LogP contribution is 2.21. The summed E-state index contributed by atoms with van der Waals surface area (Å²) in [6.45, 7) is 0.498. The normalized spacial score (nSPS) is 10.3. The zero-order valence-electron chi connectivity index (χ0n) is 15.7. The smallest absolute Gasteiger partial charge is 0.321 e. The van der Waals surface area contributed by atoms with Crippen LogP contribution in [-0.4, -0.2) is 15.9 Å². The SMILES string of the molecule is O=C(NCc1ccccc1)c1ccc(-c2cnc(Oc3ccccc3)nc2)cc1. The fourth-order valence-corrected chi connectivity index (χ4v) is 2.81. The molecule has 0 aliphatic carbocycles. The molecule has 0 radical (unpaired) electrons. The van der Waals surface area contributed by atoms with E-state index in [0.29, 0.717) is 17.9 Å². The van der Waals surface area contributed by atoms with Gasteiger partial charge in [-0.1, -0.05) is 60.7 Å². The molecule has 0 atom stereocenters. The summed E-state index contributed by atoms with van der Waals surface area (Å²) in [5, 5.41) is 2.92. The van der Waals surface area contributed by atoms with Crippen molar-refractivity contribution in [3.63, 3.8) is 0 Å². The number of carbonyl (C=O) groups excluding carboxylic acids is 1. The lowest BCUT2D eigenvalue weighted by Gasteiger charge is -2.07. The fourth-order valence-electron chi connectivity index (χ4n) is 2.81. The van der Waals surface area contributed by atoms with Crippen molar-refractivity contribution in [3.05, 3.63) is 108 Å². The van der Waals surface area contributed by atoms with Crippen LogP contribution in [-0.2, 0) is 6.54 Å². The third kappa shape index (κ3) is 4.84. The van der Waals surface area contributed by atoms with Gasteiger partial charge in [0, 0.05) is 30.1 Å². The molecule has 142 valence electrons. The molecule has 4 rings (SSSR count). The van der Waals surface area contributed by atoms with Gasteiger partial charge in [-0.25, -0.2) is 9.97 Å². The van der Waals surface area contributed by atoms with E-state index < -0.39 is 0 Å². The minimum Gasteiger partial charge on any atom is -0.424 e. The van der Waals surface area contributed by atoms with Gasteiger partial charge in [-0.15, -0.1) is 0 Å². The van der Waals surface area contributed by atoms with Crippen molar-refractivity contribution >= 4 is 5.91 Å². The maximum absolute atomic E-state index is 12.3. The Morgan fingerprint density at radius 3 is 2.03 bits per heavy atom. The molecular formula is C24H19N3O2. The lowest BCUT2D eigenvalue weighted by molar-refractivity contribution is 0.0951. The van der Waals surface area contributed by atoms with E-state index in [-0.39, 0.29) is 11.9 Å². The van der Waals surface area contributed by atoms with E-state index in [1.807, 2.05) is 72.8 Å². The minimum atomic E-state index is -0.108. The highest BCUT2D eigenvalue weighted by Gasteiger charge is 2.07. The van der Waals surface area contributed by atoms with Crippen LogP contribution in [0.25, 0.3) is 11.1 Å². The first-order valence-electron chi connectivity index (χ1n) is 9.25. The summed E-state index contributed by atoms with van der Waals surface area (Å²) in [7, 11) is 0. The number of aromatic nitrogens is 2. The number of carbonyl (C=O) groups is 1. The first-order valence-corrected chi connectivity index (χ1v) is 9.25. The van der Waals surface area contributed by atoms with Gasteiger partial charge in [0.15, 0.2) is 0 Å². The van der Waals surface area contributed by atoms with Gasteiger partial charge in [0.25, 0.3) is 5.91 Å². The molecule has 0 spiro atoms. The van der Waals surface area contributed by atoms with E-state index in [0.717, 1.165) is 16.7 Å². The van der Waals surface area contributed by atoms with Crippen LogP contribution in [0.1, 0.15) is 15.9 Å². The lowest BCUT2D eigenvalue weighted by atomic mass is 10.1. The summed E-state index contributed by atoms with van der Waals surface area (Å²) < 4.78 is 5.61. The van der Waals surface area contributed by atoms with Gasteiger partial charge in [0.05, 0.1) is 0 Å². The van der Waals surface area contributed by atoms with Crippen LogP contribution in [0.15, 0.2) is 97.3 Å². The summed E-state index contributed by atoms with van der Waals surface area (Å²) in [6, 6.07) is 26.9. The number of benzene rings is 3. The molecule has 1 N–H and O–H groups in total. The van der Waals surface area contributed by atoms with Gasteiger partial charge in [0.1, 0.15) is 5.75 Å². The fraction of sp³-hybridized carbons (Fsp3) is 0.0417. The van der Waals surface area contributed by atoms with Crippen LogP contribution in [0, 0.1) is 0 Å². The summed E-state index contributed by atoms with van der Waals surface area (Å²) >= 11 is 0. The maximum atomic E-state index is 12.3. The monoisotopic (exact) mass is 381 g/mol. The number of nitrogens with one attached hydrogen (secondary N) is 1. The highest BCUT2D eigenvalue weighted by molar-refractivity contribution is 5.94. The number of nitrogens with zero attached hydrogens (tertiary/aromatic N) is 2. The van der Waals surface area contributed by atoms with Gasteiger partial charge >= 0.3 is 6.01 Å². The Balaban J connectivity index is 1.39. The number of hydrogen-bond donors (Lipinski definition) is 1. The van der Waals surface area contributed by atoms with Crippen molar-refractivity contribution in [2.75, 3.05) is 0 Å². The molecule has 0 aliphatic rings. The topological polar surface area (TPSA) is 64.1 Å². The van der Waals surface area contributed by atoms with Crippen LogP contribution >= 0.6 is 0 Å². The zero-order valence-corrected chi connectivity index (χ0v) is 15.7. The van der Waals surface area contributed by atoms with Crippen LogP contribution in [0.4, 0.5) is 0 Å². The summed E-state index contributed by atoms with van der Waals surface area (Å²) in [5.74, 6) is 0.578. The van der Waals surface area contributed by atoms with E-state index in [1.165, 1.54) is 0 Å². The van der Waals surface area contributed by atoms with Gasteiger partial charge < -0.3 is 10.1 Å². The van der Waals surface area contributed by atoms with Crippen LogP contribution < -0.4 is 10.1 Å². The molecule has 4 aromatic rings. The molecule has 0 unspecified atom stereocenters. The van der Waals surface area contributed by atoms with Crippen molar-refractivity contribution in [2.24, 2.45) is 0 Å². The second-order valence-electron chi connectivity index (χ2n) is 6.42. The zero-order chi connectivity index (χ0) is 19.9. The number of hydrogen-bond acceptors (Lipinski definition) is 4. The number of ether oxygens (including phenoxy) is 1. The van der Waals surface area contributed by atoms with Gasteiger partial charge in [-0.3, -0.25) is 4.79 Å². The first kappa shape index (κ1) is 18.4. The third-order valence-electron chi connectivity index (χ3n) is 4.36. The molecule has 5 heteroatoms. The second kappa shape index (κ2) is 8.80. The van der Waals surface area contributed by atoms with Crippen molar-refractivity contribution in [1.29, 1.82) is 0 Å². The highest BCUT2D eigenvalue weighted by atomic mass is 16.5. The summed E-state index contributed by atoms with van der Waals surface area (Å²) in [6.07, 6.45) is 3.41. The molecule has 5 nitrogen and oxygen atoms in total. The average molecular weight is 381 g/mol. The Bertz CT molecular complexity index is 1060. The van der Waals surface area contributed by atoms with Crippen molar-refractivity contribution in [1.82, 2.24) is 15.3 Å². The molecule has 1 heterocycles. The average Bonchev–Trinajstić information content (AvgIpc) is 2.79. The van der Waals surface area contributed by atoms with Crippen molar-refractivity contribution in [2.45, 2.75) is 6.54 Å². The third-order valence-corrected chi connectivity index (χ3v) is 4.36. The maximum Gasteiger partial charge on any atom is 0.321 e.